The first-order valence-corrected chi connectivity index (χ1v) is 14.2. The minimum Gasteiger partial charge on any atom is -0.493 e. The average Bonchev–Trinajstić information content (AvgIpc) is 3.53. The molecule has 7 nitrogen and oxygen atoms in total. The van der Waals surface area contributed by atoms with E-state index in [0.717, 1.165) is 24.2 Å². The van der Waals surface area contributed by atoms with Gasteiger partial charge in [0, 0.05) is 29.6 Å². The Morgan fingerprint density at radius 3 is 2.51 bits per heavy atom. The Bertz CT molecular complexity index is 1410. The predicted octanol–water partition coefficient (Wildman–Crippen LogP) is 5.99. The molecule has 1 saturated carbocycles. The maximum Gasteiger partial charge on any atom is 0.261 e. The normalized spacial score (nSPS) is 18.3. The monoisotopic (exact) mass is 540 g/mol. The van der Waals surface area contributed by atoms with Crippen LogP contribution in [0, 0.1) is 0 Å². The molecule has 2 aliphatic rings. The fourth-order valence-corrected chi connectivity index (χ4v) is 6.34. The minimum atomic E-state index is -3.83. The molecule has 0 bridgehead atoms. The number of sulfonamides is 1. The van der Waals surface area contributed by atoms with Gasteiger partial charge in [0.05, 0.1) is 23.8 Å². The van der Waals surface area contributed by atoms with E-state index in [0.29, 0.717) is 35.1 Å². The maximum atomic E-state index is 13.0. The predicted molar refractivity (Wildman–Crippen MR) is 144 cm³/mol. The number of hydrogen-bond acceptors (Lipinski definition) is 5. The summed E-state index contributed by atoms with van der Waals surface area (Å²) >= 11 is 5.96. The molecule has 2 fully saturated rings. The van der Waals surface area contributed by atoms with E-state index in [9.17, 15) is 13.2 Å². The first-order chi connectivity index (χ1) is 17.8. The van der Waals surface area contributed by atoms with Crippen molar-refractivity contribution in [1.29, 1.82) is 0 Å². The Morgan fingerprint density at radius 2 is 1.76 bits per heavy atom. The number of carbonyl (C=O) groups is 1. The fourth-order valence-electron chi connectivity index (χ4n) is 4.99. The zero-order chi connectivity index (χ0) is 26.0. The Balaban J connectivity index is 1.33. The number of hydrogen-bond donors (Lipinski definition) is 1. The molecule has 1 heterocycles. The number of amides is 1. The van der Waals surface area contributed by atoms with Crippen molar-refractivity contribution in [1.82, 2.24) is 0 Å². The quantitative estimate of drug-likeness (QED) is 0.379. The van der Waals surface area contributed by atoms with Gasteiger partial charge in [-0.25, -0.2) is 8.42 Å². The van der Waals surface area contributed by atoms with E-state index in [1.807, 2.05) is 18.2 Å². The Hall–Kier alpha value is -3.23. The summed E-state index contributed by atoms with van der Waals surface area (Å²) in [5.74, 6) is 1.37. The van der Waals surface area contributed by atoms with Crippen LogP contribution in [-0.2, 0) is 14.8 Å². The van der Waals surface area contributed by atoms with E-state index in [-0.39, 0.29) is 22.8 Å². The van der Waals surface area contributed by atoms with Crippen LogP contribution in [-0.4, -0.2) is 34.1 Å². The fraction of sp³-hybridized carbons (Fsp3) is 0.321. The van der Waals surface area contributed by atoms with Gasteiger partial charge in [-0.15, -0.1) is 0 Å². The van der Waals surface area contributed by atoms with Crippen molar-refractivity contribution in [3.8, 4) is 11.5 Å². The summed E-state index contributed by atoms with van der Waals surface area (Å²) in [5.41, 5.74) is 2.02. The van der Waals surface area contributed by atoms with Crippen LogP contribution >= 0.6 is 11.6 Å². The summed E-state index contributed by atoms with van der Waals surface area (Å²) in [5, 5.41) is 0.334. The topological polar surface area (TPSA) is 84.9 Å². The van der Waals surface area contributed by atoms with Crippen molar-refractivity contribution in [3.63, 3.8) is 0 Å². The summed E-state index contributed by atoms with van der Waals surface area (Å²) in [4.78, 5) is 14.8. The maximum absolute atomic E-state index is 13.0. The van der Waals surface area contributed by atoms with Gasteiger partial charge in [-0.1, -0.05) is 29.8 Å². The van der Waals surface area contributed by atoms with Gasteiger partial charge >= 0.3 is 0 Å². The molecule has 5 rings (SSSR count). The number of halogens is 1. The highest BCUT2D eigenvalue weighted by molar-refractivity contribution is 7.92. The standard InChI is InChI=1S/C28H29ClN2O5S/c1-35-26-13-12-19(14-27(26)36-24-9-2-3-10-24)20-15-28(32)31(18-20)23-8-5-7-22(17-23)30-37(33,34)25-11-4-6-21(29)16-25/h4-8,11-14,16-17,20,24,30H,2-3,9-10,15,18H2,1H3/t20-/m0/s1. The molecule has 3 aromatic rings. The van der Waals surface area contributed by atoms with Crippen molar-refractivity contribution in [2.24, 2.45) is 0 Å². The van der Waals surface area contributed by atoms with Gasteiger partial charge in [-0.05, 0) is 79.8 Å². The lowest BCUT2D eigenvalue weighted by Gasteiger charge is -2.20. The van der Waals surface area contributed by atoms with Crippen molar-refractivity contribution in [3.05, 3.63) is 77.3 Å². The third kappa shape index (κ3) is 5.70. The van der Waals surface area contributed by atoms with Crippen LogP contribution < -0.4 is 19.1 Å². The third-order valence-corrected chi connectivity index (χ3v) is 8.51. The highest BCUT2D eigenvalue weighted by atomic mass is 35.5. The Kier molecular flexibility index (Phi) is 7.31. The lowest BCUT2D eigenvalue weighted by atomic mass is 9.98. The van der Waals surface area contributed by atoms with Crippen LogP contribution in [0.2, 0.25) is 5.02 Å². The van der Waals surface area contributed by atoms with Crippen molar-refractivity contribution < 1.29 is 22.7 Å². The average molecular weight is 541 g/mol. The smallest absolute Gasteiger partial charge is 0.261 e. The summed E-state index contributed by atoms with van der Waals surface area (Å²) in [6, 6.07) is 18.8. The zero-order valence-corrected chi connectivity index (χ0v) is 22.1. The van der Waals surface area contributed by atoms with E-state index in [1.54, 1.807) is 48.4 Å². The SMILES string of the molecule is COc1ccc([C@H]2CC(=O)N(c3cccc(NS(=O)(=O)c4cccc(Cl)c4)c3)C2)cc1OC1CCCC1. The number of carbonyl (C=O) groups excluding carboxylic acids is 1. The van der Waals surface area contributed by atoms with Gasteiger partial charge in [-0.2, -0.15) is 0 Å². The largest absolute Gasteiger partial charge is 0.493 e. The molecule has 0 unspecified atom stereocenters. The van der Waals surface area contributed by atoms with Crippen LogP contribution in [0.15, 0.2) is 71.6 Å². The second-order valence-electron chi connectivity index (χ2n) is 9.45. The molecule has 1 atom stereocenters. The molecule has 0 aromatic heterocycles. The summed E-state index contributed by atoms with van der Waals surface area (Å²) in [6.07, 6.45) is 4.98. The van der Waals surface area contributed by atoms with Crippen LogP contribution in [0.5, 0.6) is 11.5 Å². The third-order valence-electron chi connectivity index (χ3n) is 6.90. The zero-order valence-electron chi connectivity index (χ0n) is 20.5. The molecule has 3 aromatic carbocycles. The number of anilines is 2. The van der Waals surface area contributed by atoms with Crippen molar-refractivity contribution >= 4 is 38.9 Å². The number of ether oxygens (including phenoxy) is 2. The van der Waals surface area contributed by atoms with Gasteiger partial charge in [-0.3, -0.25) is 9.52 Å². The molecule has 0 spiro atoms. The number of rotatable bonds is 8. The first-order valence-electron chi connectivity index (χ1n) is 12.4. The van der Waals surface area contributed by atoms with Crippen molar-refractivity contribution in [2.75, 3.05) is 23.3 Å². The van der Waals surface area contributed by atoms with Gasteiger partial charge < -0.3 is 14.4 Å². The molecule has 9 heteroatoms. The molecule has 37 heavy (non-hydrogen) atoms. The molecule has 1 amide bonds. The van der Waals surface area contributed by atoms with Crippen LogP contribution in [0.3, 0.4) is 0 Å². The van der Waals surface area contributed by atoms with Crippen LogP contribution in [0.4, 0.5) is 11.4 Å². The molecule has 1 aliphatic heterocycles. The van der Waals surface area contributed by atoms with E-state index in [4.69, 9.17) is 21.1 Å². The van der Waals surface area contributed by atoms with E-state index in [1.165, 1.54) is 25.0 Å². The molecule has 1 aliphatic carbocycles. The van der Waals surface area contributed by atoms with Crippen molar-refractivity contribution in [2.45, 2.75) is 49.0 Å². The Labute approximate surface area is 222 Å². The minimum absolute atomic E-state index is 0.0175. The van der Waals surface area contributed by atoms with E-state index in [2.05, 4.69) is 4.72 Å². The number of benzene rings is 3. The van der Waals surface area contributed by atoms with Gasteiger partial charge in [0.1, 0.15) is 0 Å². The molecule has 0 radical (unpaired) electrons. The molecular formula is C28H29ClN2O5S. The summed E-state index contributed by atoms with van der Waals surface area (Å²) < 4.78 is 40.0. The lowest BCUT2D eigenvalue weighted by molar-refractivity contribution is -0.117. The highest BCUT2D eigenvalue weighted by Crippen LogP contribution is 2.38. The number of nitrogens with one attached hydrogen (secondary N) is 1. The molecular weight excluding hydrogens is 512 g/mol. The van der Waals surface area contributed by atoms with E-state index < -0.39 is 10.0 Å². The van der Waals surface area contributed by atoms with Crippen LogP contribution in [0.25, 0.3) is 0 Å². The van der Waals surface area contributed by atoms with Gasteiger partial charge in [0.25, 0.3) is 10.0 Å². The molecule has 1 saturated heterocycles. The van der Waals surface area contributed by atoms with Crippen LogP contribution in [0.1, 0.15) is 43.6 Å². The molecule has 194 valence electrons. The lowest BCUT2D eigenvalue weighted by Crippen LogP contribution is -2.24. The van der Waals surface area contributed by atoms with E-state index >= 15 is 0 Å². The highest BCUT2D eigenvalue weighted by Gasteiger charge is 2.32. The Morgan fingerprint density at radius 1 is 0.973 bits per heavy atom. The second kappa shape index (κ2) is 10.6. The first kappa shape index (κ1) is 25.4. The number of methoxy groups -OCH3 is 1. The molecule has 1 N–H and O–H groups in total. The van der Waals surface area contributed by atoms with Gasteiger partial charge in [0.15, 0.2) is 11.5 Å². The summed E-state index contributed by atoms with van der Waals surface area (Å²) in [6.45, 7) is 0.485. The van der Waals surface area contributed by atoms with Gasteiger partial charge in [0.2, 0.25) is 5.91 Å². The number of nitrogens with zero attached hydrogens (tertiary/aromatic N) is 1. The second-order valence-corrected chi connectivity index (χ2v) is 11.6. The summed E-state index contributed by atoms with van der Waals surface area (Å²) in [7, 11) is -2.20.